The summed E-state index contributed by atoms with van der Waals surface area (Å²) in [5, 5.41) is 12.0. The Morgan fingerprint density at radius 2 is 1.87 bits per heavy atom. The number of hydrogen-bond donors (Lipinski definition) is 3. The zero-order valence-electron chi connectivity index (χ0n) is 28.3. The van der Waals surface area contributed by atoms with E-state index < -0.39 is 17.9 Å². The summed E-state index contributed by atoms with van der Waals surface area (Å²) in [6.45, 7) is 12.4. The number of esters is 1. The molecule has 1 unspecified atom stereocenters. The molecular formula is C37H57N3O5. The zero-order valence-corrected chi connectivity index (χ0v) is 28.3. The number of nitrogens with zero attached hydrogens (tertiary/aromatic N) is 1. The SMILES string of the molecule is CC(C)CCC[C@@H](C)[C@H]1CC[C@H]2C3CC=C4C[C@@H](OC(=O)CCC(=O)N[C@@H](Cc5cnc[nH]5)C(=O)O)CC[C@]4(C)[C@H]3CC[C@]12C. The first-order valence-corrected chi connectivity index (χ1v) is 17.8. The van der Waals surface area contributed by atoms with Crippen LogP contribution >= 0.6 is 0 Å². The van der Waals surface area contributed by atoms with Crippen LogP contribution in [0.15, 0.2) is 24.2 Å². The lowest BCUT2D eigenvalue weighted by atomic mass is 9.47. The minimum Gasteiger partial charge on any atom is -0.480 e. The van der Waals surface area contributed by atoms with Gasteiger partial charge in [0.25, 0.3) is 0 Å². The number of carbonyl (C=O) groups is 3. The maximum atomic E-state index is 12.8. The molecule has 3 saturated carbocycles. The van der Waals surface area contributed by atoms with E-state index in [2.05, 4.69) is 56.0 Å². The minimum absolute atomic E-state index is 0.0585. The summed E-state index contributed by atoms with van der Waals surface area (Å²) in [7, 11) is 0. The molecule has 0 bridgehead atoms. The van der Waals surface area contributed by atoms with Crippen molar-refractivity contribution in [3.05, 3.63) is 29.9 Å². The molecule has 4 aliphatic carbocycles. The van der Waals surface area contributed by atoms with E-state index in [-0.39, 0.29) is 36.8 Å². The number of ether oxygens (including phenoxy) is 1. The van der Waals surface area contributed by atoms with Crippen molar-refractivity contribution in [1.29, 1.82) is 0 Å². The van der Waals surface area contributed by atoms with Crippen molar-refractivity contribution in [3.63, 3.8) is 0 Å². The van der Waals surface area contributed by atoms with Crippen molar-refractivity contribution in [3.8, 4) is 0 Å². The molecule has 1 amide bonds. The number of carbonyl (C=O) groups excluding carboxylic acids is 2. The van der Waals surface area contributed by atoms with Crippen LogP contribution in [0.25, 0.3) is 0 Å². The number of amides is 1. The number of nitrogens with one attached hydrogen (secondary N) is 2. The van der Waals surface area contributed by atoms with Gasteiger partial charge in [-0.2, -0.15) is 0 Å². The van der Waals surface area contributed by atoms with Gasteiger partial charge in [-0.3, -0.25) is 9.59 Å². The van der Waals surface area contributed by atoms with Crippen LogP contribution in [0.5, 0.6) is 0 Å². The van der Waals surface area contributed by atoms with E-state index in [0.29, 0.717) is 11.1 Å². The fourth-order valence-electron chi connectivity index (χ4n) is 10.3. The van der Waals surface area contributed by atoms with E-state index in [0.717, 1.165) is 61.2 Å². The van der Waals surface area contributed by atoms with Gasteiger partial charge in [-0.25, -0.2) is 9.78 Å². The second-order valence-electron chi connectivity index (χ2n) is 15.9. The maximum Gasteiger partial charge on any atom is 0.326 e. The lowest BCUT2D eigenvalue weighted by Gasteiger charge is -2.58. The highest BCUT2D eigenvalue weighted by Gasteiger charge is 2.59. The number of hydrogen-bond acceptors (Lipinski definition) is 5. The van der Waals surface area contributed by atoms with Crippen molar-refractivity contribution in [2.75, 3.05) is 0 Å². The van der Waals surface area contributed by atoms with Crippen LogP contribution in [0.1, 0.15) is 124 Å². The normalized spacial score (nSPS) is 33.7. The van der Waals surface area contributed by atoms with E-state index in [1.54, 1.807) is 0 Å². The second kappa shape index (κ2) is 14.0. The zero-order chi connectivity index (χ0) is 32.4. The molecule has 8 heteroatoms. The van der Waals surface area contributed by atoms with Crippen molar-refractivity contribution < 1.29 is 24.2 Å². The van der Waals surface area contributed by atoms with Gasteiger partial charge in [0.05, 0.1) is 12.7 Å². The maximum absolute atomic E-state index is 12.8. The fourth-order valence-corrected chi connectivity index (χ4v) is 10.3. The number of aromatic amines is 1. The number of aromatic nitrogens is 2. The van der Waals surface area contributed by atoms with E-state index in [1.165, 1.54) is 63.0 Å². The molecular weight excluding hydrogens is 566 g/mol. The molecule has 3 fully saturated rings. The number of aliphatic carboxylic acids is 1. The van der Waals surface area contributed by atoms with Gasteiger partial charge in [-0.15, -0.1) is 0 Å². The summed E-state index contributed by atoms with van der Waals surface area (Å²) >= 11 is 0. The number of H-pyrrole nitrogens is 1. The van der Waals surface area contributed by atoms with Gasteiger partial charge in [0, 0.05) is 31.2 Å². The number of rotatable bonds is 13. The van der Waals surface area contributed by atoms with Gasteiger partial charge >= 0.3 is 11.9 Å². The van der Waals surface area contributed by atoms with Gasteiger partial charge < -0.3 is 20.1 Å². The average molecular weight is 624 g/mol. The lowest BCUT2D eigenvalue weighted by Crippen LogP contribution is -2.51. The largest absolute Gasteiger partial charge is 0.480 e. The van der Waals surface area contributed by atoms with Crippen LogP contribution in [-0.4, -0.2) is 45.1 Å². The summed E-state index contributed by atoms with van der Waals surface area (Å²) < 4.78 is 5.89. The Morgan fingerprint density at radius 3 is 2.58 bits per heavy atom. The molecule has 4 aliphatic rings. The Labute approximate surface area is 269 Å². The second-order valence-corrected chi connectivity index (χ2v) is 15.9. The minimum atomic E-state index is -1.13. The summed E-state index contributed by atoms with van der Waals surface area (Å²) in [4.78, 5) is 43.6. The number of allylic oxidation sites excluding steroid dienone is 1. The lowest BCUT2D eigenvalue weighted by molar-refractivity contribution is -0.152. The van der Waals surface area contributed by atoms with Crippen LogP contribution in [0.2, 0.25) is 0 Å². The predicted molar refractivity (Wildman–Crippen MR) is 174 cm³/mol. The molecule has 0 spiro atoms. The van der Waals surface area contributed by atoms with Gasteiger partial charge in [-0.05, 0) is 91.3 Å². The number of fused-ring (bicyclic) bond motifs is 5. The van der Waals surface area contributed by atoms with Crippen LogP contribution in [0.4, 0.5) is 0 Å². The molecule has 45 heavy (non-hydrogen) atoms. The highest BCUT2D eigenvalue weighted by Crippen LogP contribution is 2.67. The predicted octanol–water partition coefficient (Wildman–Crippen LogP) is 7.26. The summed E-state index contributed by atoms with van der Waals surface area (Å²) in [6, 6.07) is -1.09. The molecule has 1 heterocycles. The quantitative estimate of drug-likeness (QED) is 0.157. The number of imidazole rings is 1. The first kappa shape index (κ1) is 33.7. The molecule has 1 aromatic heterocycles. The van der Waals surface area contributed by atoms with Crippen molar-refractivity contribution >= 4 is 17.8 Å². The molecule has 3 N–H and O–H groups in total. The third-order valence-corrected chi connectivity index (χ3v) is 12.7. The third-order valence-electron chi connectivity index (χ3n) is 12.7. The Morgan fingerprint density at radius 1 is 1.07 bits per heavy atom. The van der Waals surface area contributed by atoms with Crippen molar-refractivity contribution in [2.45, 2.75) is 137 Å². The standard InChI is InChI=1S/C37H57N3O5/c1-23(2)7-6-8-24(3)29-11-12-30-28-10-9-25-19-27(15-17-36(25,4)31(28)16-18-37(29,30)5)45-34(42)14-13-33(41)40-32(35(43)44)20-26-21-38-22-39-26/h9,21-24,27-32H,6-8,10-20H2,1-5H3,(H,38,39)(H,40,41)(H,43,44)/t24-,27+,28?,29-,30+,31+,32+,36+,37-/m1/s1. The van der Waals surface area contributed by atoms with E-state index in [1.807, 2.05) is 0 Å². The molecule has 0 aliphatic heterocycles. The van der Waals surface area contributed by atoms with Crippen LogP contribution in [0, 0.1) is 46.3 Å². The van der Waals surface area contributed by atoms with Crippen molar-refractivity contribution in [2.24, 2.45) is 46.3 Å². The monoisotopic (exact) mass is 623 g/mol. The molecule has 0 saturated heterocycles. The van der Waals surface area contributed by atoms with Crippen LogP contribution < -0.4 is 5.32 Å². The Balaban J connectivity index is 1.12. The third kappa shape index (κ3) is 7.35. The summed E-state index contributed by atoms with van der Waals surface area (Å²) in [5.74, 6) is 2.79. The highest BCUT2D eigenvalue weighted by molar-refractivity contribution is 5.85. The van der Waals surface area contributed by atoms with Crippen LogP contribution in [0.3, 0.4) is 0 Å². The summed E-state index contributed by atoms with van der Waals surface area (Å²) in [6.07, 6.45) is 18.7. The Kier molecular flexibility index (Phi) is 10.5. The van der Waals surface area contributed by atoms with Crippen LogP contribution in [-0.2, 0) is 25.5 Å². The Bertz CT molecular complexity index is 1230. The van der Waals surface area contributed by atoms with Gasteiger partial charge in [0.15, 0.2) is 0 Å². The smallest absolute Gasteiger partial charge is 0.326 e. The molecule has 250 valence electrons. The molecule has 1 aromatic rings. The van der Waals surface area contributed by atoms with Gasteiger partial charge in [0.2, 0.25) is 5.91 Å². The average Bonchev–Trinajstić information content (AvgIpc) is 3.63. The van der Waals surface area contributed by atoms with E-state index >= 15 is 0 Å². The van der Waals surface area contributed by atoms with Gasteiger partial charge in [0.1, 0.15) is 12.1 Å². The highest BCUT2D eigenvalue weighted by atomic mass is 16.5. The van der Waals surface area contributed by atoms with E-state index in [4.69, 9.17) is 4.74 Å². The first-order chi connectivity index (χ1) is 21.4. The topological polar surface area (TPSA) is 121 Å². The molecule has 9 atom stereocenters. The molecule has 0 aromatic carbocycles. The summed E-state index contributed by atoms with van der Waals surface area (Å²) in [5.41, 5.74) is 2.76. The molecule has 8 nitrogen and oxygen atoms in total. The first-order valence-electron chi connectivity index (χ1n) is 17.8. The Hall–Kier alpha value is -2.64. The van der Waals surface area contributed by atoms with Crippen molar-refractivity contribution in [1.82, 2.24) is 15.3 Å². The molecule has 0 radical (unpaired) electrons. The molecule has 5 rings (SSSR count). The van der Waals surface area contributed by atoms with Gasteiger partial charge in [-0.1, -0.05) is 65.5 Å². The fraction of sp³-hybridized carbons (Fsp3) is 0.784. The number of carboxylic acids is 1. The van der Waals surface area contributed by atoms with E-state index in [9.17, 15) is 19.5 Å². The number of carboxylic acid groups (broad SMARTS) is 1.